The standard InChI is InChI=1S/C29H30N4O6S/c1-19-28(20(2)39-32-19)31-29(36)30-24-12-6-8-21(16-24)14-15-22-9-7-13-25(17-22)40(37,38)33-26(18-27(34)35)23-10-4-3-5-11-23/h3-13,16-17,26,33H,14-15,18H2,1-2H3,(H,34,35)(H2,30,31,36). The molecule has 0 saturated heterocycles. The van der Waals surface area contributed by atoms with E-state index in [1.54, 1.807) is 62.4 Å². The fourth-order valence-electron chi connectivity index (χ4n) is 4.24. The quantitative estimate of drug-likeness (QED) is 0.196. The molecule has 11 heteroatoms. The van der Waals surface area contributed by atoms with Gasteiger partial charge in [-0.15, -0.1) is 0 Å². The number of carbonyl (C=O) groups is 2. The lowest BCUT2D eigenvalue weighted by Crippen LogP contribution is -2.30. The van der Waals surface area contributed by atoms with Gasteiger partial charge in [-0.05, 0) is 67.6 Å². The highest BCUT2D eigenvalue weighted by Gasteiger charge is 2.24. The van der Waals surface area contributed by atoms with E-state index >= 15 is 0 Å². The second-order valence-corrected chi connectivity index (χ2v) is 11.0. The number of aryl methyl sites for hydroxylation is 4. The number of carbonyl (C=O) groups excluding carboxylic acids is 1. The summed E-state index contributed by atoms with van der Waals surface area (Å²) in [5, 5.41) is 18.7. The first kappa shape index (κ1) is 28.5. The zero-order valence-corrected chi connectivity index (χ0v) is 22.9. The van der Waals surface area contributed by atoms with Crippen LogP contribution in [0.5, 0.6) is 0 Å². The van der Waals surface area contributed by atoms with Gasteiger partial charge in [0.2, 0.25) is 10.0 Å². The summed E-state index contributed by atoms with van der Waals surface area (Å²) >= 11 is 0. The van der Waals surface area contributed by atoms with Crippen LogP contribution in [-0.4, -0.2) is 30.7 Å². The van der Waals surface area contributed by atoms with E-state index in [1.807, 2.05) is 24.3 Å². The van der Waals surface area contributed by atoms with Crippen molar-refractivity contribution in [2.75, 3.05) is 10.6 Å². The van der Waals surface area contributed by atoms with E-state index in [0.717, 1.165) is 11.1 Å². The Morgan fingerprint density at radius 2 is 1.57 bits per heavy atom. The summed E-state index contributed by atoms with van der Waals surface area (Å²) in [4.78, 5) is 23.9. The number of carboxylic acid groups (broad SMARTS) is 1. The number of hydrogen-bond donors (Lipinski definition) is 4. The number of hydrogen-bond acceptors (Lipinski definition) is 6. The van der Waals surface area contributed by atoms with Crippen molar-refractivity contribution in [3.63, 3.8) is 0 Å². The molecule has 4 aromatic rings. The molecule has 1 unspecified atom stereocenters. The molecule has 4 N–H and O–H groups in total. The number of aromatic nitrogens is 1. The lowest BCUT2D eigenvalue weighted by atomic mass is 10.0. The van der Waals surface area contributed by atoms with Crippen LogP contribution in [0.2, 0.25) is 0 Å². The molecule has 1 heterocycles. The van der Waals surface area contributed by atoms with E-state index in [-0.39, 0.29) is 11.3 Å². The Morgan fingerprint density at radius 1 is 0.900 bits per heavy atom. The van der Waals surface area contributed by atoms with E-state index in [9.17, 15) is 23.1 Å². The molecule has 0 aliphatic rings. The molecule has 1 aromatic heterocycles. The normalized spacial score (nSPS) is 12.1. The molecule has 3 aromatic carbocycles. The Morgan fingerprint density at radius 3 is 2.23 bits per heavy atom. The van der Waals surface area contributed by atoms with Gasteiger partial charge in [0.15, 0.2) is 5.76 Å². The van der Waals surface area contributed by atoms with Gasteiger partial charge < -0.3 is 20.3 Å². The maximum absolute atomic E-state index is 13.2. The third-order valence-corrected chi connectivity index (χ3v) is 7.72. The molecule has 0 saturated carbocycles. The van der Waals surface area contributed by atoms with Crippen molar-refractivity contribution < 1.29 is 27.6 Å². The number of urea groups is 1. The molecular formula is C29H30N4O6S. The zero-order chi connectivity index (χ0) is 28.7. The van der Waals surface area contributed by atoms with Crippen LogP contribution in [0, 0.1) is 13.8 Å². The number of anilines is 2. The van der Waals surface area contributed by atoms with Crippen LogP contribution in [0.4, 0.5) is 16.2 Å². The van der Waals surface area contributed by atoms with Crippen molar-refractivity contribution >= 4 is 33.4 Å². The second kappa shape index (κ2) is 12.6. The van der Waals surface area contributed by atoms with Crippen LogP contribution in [-0.2, 0) is 27.7 Å². The lowest BCUT2D eigenvalue weighted by Gasteiger charge is -2.18. The summed E-state index contributed by atoms with van der Waals surface area (Å²) in [5.41, 5.74) is 4.03. The van der Waals surface area contributed by atoms with Crippen LogP contribution in [0.15, 0.2) is 88.3 Å². The van der Waals surface area contributed by atoms with Gasteiger partial charge in [-0.3, -0.25) is 4.79 Å². The molecule has 0 aliphatic carbocycles. The molecule has 1 atom stereocenters. The largest absolute Gasteiger partial charge is 0.481 e. The maximum Gasteiger partial charge on any atom is 0.323 e. The molecule has 0 bridgehead atoms. The molecule has 0 fully saturated rings. The molecule has 4 rings (SSSR count). The smallest absolute Gasteiger partial charge is 0.323 e. The first-order chi connectivity index (χ1) is 19.1. The molecule has 40 heavy (non-hydrogen) atoms. The molecule has 10 nitrogen and oxygen atoms in total. The second-order valence-electron chi connectivity index (χ2n) is 9.31. The topological polar surface area (TPSA) is 151 Å². The third-order valence-electron chi connectivity index (χ3n) is 6.25. The number of amides is 2. The molecule has 0 aliphatic heterocycles. The maximum atomic E-state index is 13.2. The molecule has 208 valence electrons. The predicted molar refractivity (Wildman–Crippen MR) is 151 cm³/mol. The summed E-state index contributed by atoms with van der Waals surface area (Å²) < 4.78 is 33.9. The van der Waals surface area contributed by atoms with E-state index < -0.39 is 28.1 Å². The molecule has 2 amide bonds. The zero-order valence-electron chi connectivity index (χ0n) is 22.0. The molecule has 0 spiro atoms. The first-order valence-electron chi connectivity index (χ1n) is 12.6. The van der Waals surface area contributed by atoms with Crippen LogP contribution in [0.1, 0.15) is 40.6 Å². The van der Waals surface area contributed by atoms with E-state index in [4.69, 9.17) is 4.52 Å². The summed E-state index contributed by atoms with van der Waals surface area (Å²) in [6.45, 7) is 3.45. The molecule has 0 radical (unpaired) electrons. The predicted octanol–water partition coefficient (Wildman–Crippen LogP) is 5.21. The third kappa shape index (κ3) is 7.55. The van der Waals surface area contributed by atoms with Crippen LogP contribution in [0.25, 0.3) is 0 Å². The number of sulfonamides is 1. The minimum Gasteiger partial charge on any atom is -0.481 e. The Labute approximate surface area is 232 Å². The average molecular weight is 563 g/mol. The van der Waals surface area contributed by atoms with Gasteiger partial charge in [-0.1, -0.05) is 59.8 Å². The van der Waals surface area contributed by atoms with Crippen LogP contribution >= 0.6 is 0 Å². The number of nitrogens with zero attached hydrogens (tertiary/aromatic N) is 1. The van der Waals surface area contributed by atoms with Gasteiger partial charge >= 0.3 is 12.0 Å². The SMILES string of the molecule is Cc1noc(C)c1NC(=O)Nc1cccc(CCc2cccc(S(=O)(=O)NC(CC(=O)O)c3ccccc3)c2)c1. The number of carboxylic acids is 1. The minimum absolute atomic E-state index is 0.0581. The van der Waals surface area contributed by atoms with Crippen molar-refractivity contribution in [2.24, 2.45) is 0 Å². The highest BCUT2D eigenvalue weighted by molar-refractivity contribution is 7.89. The van der Waals surface area contributed by atoms with Gasteiger partial charge in [-0.25, -0.2) is 17.9 Å². The highest BCUT2D eigenvalue weighted by Crippen LogP contribution is 2.22. The summed E-state index contributed by atoms with van der Waals surface area (Å²) in [7, 11) is -3.99. The van der Waals surface area contributed by atoms with Crippen molar-refractivity contribution in [1.29, 1.82) is 0 Å². The van der Waals surface area contributed by atoms with Crippen molar-refractivity contribution in [3.05, 3.63) is 107 Å². The lowest BCUT2D eigenvalue weighted by molar-refractivity contribution is -0.137. The van der Waals surface area contributed by atoms with Gasteiger partial charge in [0, 0.05) is 5.69 Å². The van der Waals surface area contributed by atoms with Gasteiger partial charge in [0.05, 0.1) is 17.4 Å². The molecular weight excluding hydrogens is 532 g/mol. The minimum atomic E-state index is -3.99. The number of rotatable bonds is 11. The van der Waals surface area contributed by atoms with E-state index in [2.05, 4.69) is 20.5 Å². The highest BCUT2D eigenvalue weighted by atomic mass is 32.2. The summed E-state index contributed by atoms with van der Waals surface area (Å²) in [6, 6.07) is 21.2. The monoisotopic (exact) mass is 562 g/mol. The van der Waals surface area contributed by atoms with E-state index in [1.165, 1.54) is 6.07 Å². The number of aliphatic carboxylic acids is 1. The fraction of sp³-hybridized carbons (Fsp3) is 0.207. The van der Waals surface area contributed by atoms with Crippen molar-refractivity contribution in [1.82, 2.24) is 9.88 Å². The number of benzene rings is 3. The number of nitrogens with one attached hydrogen (secondary N) is 3. The van der Waals surface area contributed by atoms with Crippen molar-refractivity contribution in [2.45, 2.75) is 44.0 Å². The Kier molecular flexibility index (Phi) is 8.97. The Balaban J connectivity index is 1.41. The van der Waals surface area contributed by atoms with Gasteiger partial charge in [-0.2, -0.15) is 0 Å². The fourth-order valence-corrected chi connectivity index (χ4v) is 5.54. The van der Waals surface area contributed by atoms with E-state index in [0.29, 0.717) is 41.2 Å². The van der Waals surface area contributed by atoms with Crippen LogP contribution < -0.4 is 15.4 Å². The van der Waals surface area contributed by atoms with Crippen LogP contribution in [0.3, 0.4) is 0 Å². The summed E-state index contributed by atoms with van der Waals surface area (Å²) in [6.07, 6.45) is 0.766. The first-order valence-corrected chi connectivity index (χ1v) is 14.1. The van der Waals surface area contributed by atoms with Gasteiger partial charge in [0.1, 0.15) is 11.4 Å². The van der Waals surface area contributed by atoms with Gasteiger partial charge in [0.25, 0.3) is 0 Å². The Bertz CT molecular complexity index is 1580. The Hall–Kier alpha value is -4.48. The van der Waals surface area contributed by atoms with Crippen molar-refractivity contribution in [3.8, 4) is 0 Å². The summed E-state index contributed by atoms with van der Waals surface area (Å²) in [5.74, 6) is -0.596. The average Bonchev–Trinajstić information content (AvgIpc) is 3.24.